The van der Waals surface area contributed by atoms with Gasteiger partial charge in [0.25, 0.3) is 0 Å². The molecule has 1 aliphatic rings. The molecule has 0 aromatic heterocycles. The SMILES string of the molecule is CC(C)(C)CNS(=O)(=O)c1ccc(F)c(CNC2CC2)c1. The Labute approximate surface area is 126 Å². The van der Waals surface area contributed by atoms with Crippen LogP contribution in [0.15, 0.2) is 23.1 Å². The second-order valence-corrected chi connectivity index (χ2v) is 8.56. The molecule has 1 saturated carbocycles. The van der Waals surface area contributed by atoms with Crippen molar-refractivity contribution in [3.05, 3.63) is 29.6 Å². The normalized spacial score (nSPS) is 16.2. The molecule has 2 N–H and O–H groups in total. The zero-order valence-corrected chi connectivity index (χ0v) is 13.6. The topological polar surface area (TPSA) is 58.2 Å². The van der Waals surface area contributed by atoms with Crippen LogP contribution < -0.4 is 10.0 Å². The Balaban J connectivity index is 2.12. The monoisotopic (exact) mass is 314 g/mol. The molecule has 0 heterocycles. The first-order chi connectivity index (χ1) is 9.67. The Hall–Kier alpha value is -0.980. The number of rotatable bonds is 6. The van der Waals surface area contributed by atoms with Gasteiger partial charge in [-0.15, -0.1) is 0 Å². The van der Waals surface area contributed by atoms with Crippen LogP contribution in [0.3, 0.4) is 0 Å². The van der Waals surface area contributed by atoms with Crippen molar-refractivity contribution < 1.29 is 12.8 Å². The molecule has 4 nitrogen and oxygen atoms in total. The van der Waals surface area contributed by atoms with Crippen molar-refractivity contribution in [3.8, 4) is 0 Å². The largest absolute Gasteiger partial charge is 0.310 e. The summed E-state index contributed by atoms with van der Waals surface area (Å²) in [7, 11) is -3.60. The Morgan fingerprint density at radius 1 is 1.29 bits per heavy atom. The summed E-state index contributed by atoms with van der Waals surface area (Å²) in [6.45, 7) is 6.54. The zero-order valence-electron chi connectivity index (χ0n) is 12.7. The van der Waals surface area contributed by atoms with Crippen molar-refractivity contribution in [2.75, 3.05) is 6.54 Å². The molecule has 1 aliphatic carbocycles. The third-order valence-electron chi connectivity index (χ3n) is 3.28. The molecular formula is C15H23FN2O2S. The lowest BCUT2D eigenvalue weighted by atomic mass is 9.98. The molecular weight excluding hydrogens is 291 g/mol. The molecule has 0 radical (unpaired) electrons. The fourth-order valence-electron chi connectivity index (χ4n) is 1.79. The maximum Gasteiger partial charge on any atom is 0.240 e. The lowest BCUT2D eigenvalue weighted by Crippen LogP contribution is -2.32. The highest BCUT2D eigenvalue weighted by atomic mass is 32.2. The number of nitrogens with one attached hydrogen (secondary N) is 2. The van der Waals surface area contributed by atoms with E-state index in [4.69, 9.17) is 0 Å². The maximum absolute atomic E-state index is 13.7. The average Bonchev–Trinajstić information content (AvgIpc) is 3.19. The molecule has 0 atom stereocenters. The molecule has 2 rings (SSSR count). The molecule has 1 aromatic rings. The predicted molar refractivity (Wildman–Crippen MR) is 80.9 cm³/mol. The number of sulfonamides is 1. The highest BCUT2D eigenvalue weighted by Gasteiger charge is 2.22. The van der Waals surface area contributed by atoms with Crippen LogP contribution in [-0.4, -0.2) is 21.0 Å². The Bertz CT molecular complexity index is 605. The van der Waals surface area contributed by atoms with Crippen molar-refractivity contribution in [2.45, 2.75) is 51.1 Å². The number of benzene rings is 1. The molecule has 0 spiro atoms. The van der Waals surface area contributed by atoms with E-state index in [0.29, 0.717) is 24.7 Å². The quantitative estimate of drug-likeness (QED) is 0.848. The van der Waals surface area contributed by atoms with E-state index >= 15 is 0 Å². The molecule has 0 saturated heterocycles. The van der Waals surface area contributed by atoms with Gasteiger partial charge in [-0.1, -0.05) is 20.8 Å². The number of halogens is 1. The van der Waals surface area contributed by atoms with E-state index in [1.165, 1.54) is 18.2 Å². The Morgan fingerprint density at radius 3 is 2.52 bits per heavy atom. The van der Waals surface area contributed by atoms with E-state index in [9.17, 15) is 12.8 Å². The van der Waals surface area contributed by atoms with Gasteiger partial charge < -0.3 is 5.32 Å². The van der Waals surface area contributed by atoms with Gasteiger partial charge in [-0.05, 0) is 36.5 Å². The lowest BCUT2D eigenvalue weighted by Gasteiger charge is -2.19. The Morgan fingerprint density at radius 2 is 1.95 bits per heavy atom. The third-order valence-corrected chi connectivity index (χ3v) is 4.68. The average molecular weight is 314 g/mol. The van der Waals surface area contributed by atoms with Crippen LogP contribution in [0.2, 0.25) is 0 Å². The minimum atomic E-state index is -3.60. The second-order valence-electron chi connectivity index (χ2n) is 6.79. The van der Waals surface area contributed by atoms with E-state index in [2.05, 4.69) is 10.0 Å². The molecule has 118 valence electrons. The number of hydrogen-bond acceptors (Lipinski definition) is 3. The molecule has 1 aromatic carbocycles. The highest BCUT2D eigenvalue weighted by molar-refractivity contribution is 7.89. The van der Waals surface area contributed by atoms with Gasteiger partial charge in [0.2, 0.25) is 10.0 Å². The molecule has 0 unspecified atom stereocenters. The highest BCUT2D eigenvalue weighted by Crippen LogP contribution is 2.21. The molecule has 0 amide bonds. The summed E-state index contributed by atoms with van der Waals surface area (Å²) in [6, 6.07) is 4.38. The smallest absolute Gasteiger partial charge is 0.240 e. The van der Waals surface area contributed by atoms with Gasteiger partial charge >= 0.3 is 0 Å². The van der Waals surface area contributed by atoms with Gasteiger partial charge in [-0.2, -0.15) is 0 Å². The summed E-state index contributed by atoms with van der Waals surface area (Å²) < 4.78 is 40.8. The van der Waals surface area contributed by atoms with E-state index in [1.54, 1.807) is 0 Å². The Kier molecular flexibility index (Phi) is 4.70. The van der Waals surface area contributed by atoms with E-state index < -0.39 is 10.0 Å². The van der Waals surface area contributed by atoms with Crippen LogP contribution in [0.4, 0.5) is 4.39 Å². The molecule has 6 heteroatoms. The summed E-state index contributed by atoms with van der Waals surface area (Å²) in [6.07, 6.45) is 2.21. The van der Waals surface area contributed by atoms with Crippen LogP contribution >= 0.6 is 0 Å². The van der Waals surface area contributed by atoms with Gasteiger partial charge in [0.05, 0.1) is 4.90 Å². The van der Waals surface area contributed by atoms with Crippen LogP contribution in [0.25, 0.3) is 0 Å². The van der Waals surface area contributed by atoms with Crippen molar-refractivity contribution >= 4 is 10.0 Å². The summed E-state index contributed by atoms with van der Waals surface area (Å²) in [5, 5.41) is 3.19. The van der Waals surface area contributed by atoms with Crippen molar-refractivity contribution in [1.29, 1.82) is 0 Å². The minimum Gasteiger partial charge on any atom is -0.310 e. The van der Waals surface area contributed by atoms with Crippen LogP contribution in [-0.2, 0) is 16.6 Å². The standard InChI is InChI=1S/C15H23FN2O2S/c1-15(2,3)10-18-21(19,20)13-6-7-14(16)11(8-13)9-17-12-4-5-12/h6-8,12,17-18H,4-5,9-10H2,1-3H3. The molecule has 1 fully saturated rings. The van der Waals surface area contributed by atoms with Gasteiger partial charge in [0, 0.05) is 24.7 Å². The fraction of sp³-hybridized carbons (Fsp3) is 0.600. The van der Waals surface area contributed by atoms with Crippen molar-refractivity contribution in [3.63, 3.8) is 0 Å². The summed E-state index contributed by atoms with van der Waals surface area (Å²) in [5.74, 6) is -0.377. The molecule has 0 aliphatic heterocycles. The zero-order chi connectivity index (χ0) is 15.7. The van der Waals surface area contributed by atoms with Gasteiger partial charge in [0.15, 0.2) is 0 Å². The van der Waals surface area contributed by atoms with E-state index in [0.717, 1.165) is 12.8 Å². The number of hydrogen-bond donors (Lipinski definition) is 2. The fourth-order valence-corrected chi connectivity index (χ4v) is 3.12. The third kappa shape index (κ3) is 5.05. The van der Waals surface area contributed by atoms with Crippen molar-refractivity contribution in [2.24, 2.45) is 5.41 Å². The van der Waals surface area contributed by atoms with Crippen LogP contribution in [0.1, 0.15) is 39.2 Å². The second kappa shape index (κ2) is 6.02. The first kappa shape index (κ1) is 16.4. The predicted octanol–water partition coefficient (Wildman–Crippen LogP) is 2.40. The summed E-state index contributed by atoms with van der Waals surface area (Å²) in [4.78, 5) is 0.112. The van der Waals surface area contributed by atoms with Crippen LogP contribution in [0.5, 0.6) is 0 Å². The van der Waals surface area contributed by atoms with E-state index in [1.807, 2.05) is 20.8 Å². The van der Waals surface area contributed by atoms with Crippen molar-refractivity contribution in [1.82, 2.24) is 10.0 Å². The van der Waals surface area contributed by atoms with Gasteiger partial charge in [-0.25, -0.2) is 17.5 Å². The van der Waals surface area contributed by atoms with Crippen LogP contribution in [0, 0.1) is 11.2 Å². The van der Waals surface area contributed by atoms with Gasteiger partial charge in [-0.3, -0.25) is 0 Å². The maximum atomic E-state index is 13.7. The summed E-state index contributed by atoms with van der Waals surface area (Å²) >= 11 is 0. The summed E-state index contributed by atoms with van der Waals surface area (Å²) in [5.41, 5.74) is 0.240. The first-order valence-electron chi connectivity index (χ1n) is 7.19. The van der Waals surface area contributed by atoms with Gasteiger partial charge in [0.1, 0.15) is 5.82 Å². The lowest BCUT2D eigenvalue weighted by molar-refractivity contribution is 0.407. The molecule has 0 bridgehead atoms. The first-order valence-corrected chi connectivity index (χ1v) is 8.67. The van der Waals surface area contributed by atoms with E-state index in [-0.39, 0.29) is 16.1 Å². The minimum absolute atomic E-state index is 0.112. The molecule has 21 heavy (non-hydrogen) atoms.